The largest absolute Gasteiger partial charge is 0.318 e. The van der Waals surface area contributed by atoms with Gasteiger partial charge in [-0.1, -0.05) is 15.9 Å². The molecule has 0 aliphatic heterocycles. The van der Waals surface area contributed by atoms with Gasteiger partial charge in [0.15, 0.2) is 5.69 Å². The van der Waals surface area contributed by atoms with Crippen molar-refractivity contribution in [2.24, 2.45) is 0 Å². The van der Waals surface area contributed by atoms with E-state index >= 15 is 0 Å². The van der Waals surface area contributed by atoms with Crippen molar-refractivity contribution in [2.75, 3.05) is 5.32 Å². The molecule has 0 bridgehead atoms. The topological polar surface area (TPSA) is 70.7 Å². The Kier molecular flexibility index (Phi) is 2.95. The van der Waals surface area contributed by atoms with Gasteiger partial charge in [-0.25, -0.2) is 4.39 Å². The van der Waals surface area contributed by atoms with Gasteiger partial charge in [-0.05, 0) is 18.2 Å². The van der Waals surface area contributed by atoms with Gasteiger partial charge in [0, 0.05) is 4.47 Å². The molecular weight excluding hydrogens is 279 g/mol. The van der Waals surface area contributed by atoms with Crippen LogP contribution in [0, 0.1) is 5.82 Å². The number of H-pyrrole nitrogens is 1. The summed E-state index contributed by atoms with van der Waals surface area (Å²) in [4.78, 5) is 11.5. The third-order valence-corrected chi connectivity index (χ3v) is 2.32. The molecule has 2 rings (SSSR count). The lowest BCUT2D eigenvalue weighted by molar-refractivity contribution is 0.102. The smallest absolute Gasteiger partial charge is 0.277 e. The van der Waals surface area contributed by atoms with Crippen LogP contribution in [0.2, 0.25) is 0 Å². The van der Waals surface area contributed by atoms with Crippen molar-refractivity contribution < 1.29 is 9.18 Å². The number of nitrogens with one attached hydrogen (secondary N) is 2. The Labute approximate surface area is 98.2 Å². The fraction of sp³-hybridized carbons (Fsp3) is 0. The zero-order valence-corrected chi connectivity index (χ0v) is 9.45. The van der Waals surface area contributed by atoms with E-state index in [1.165, 1.54) is 18.3 Å². The highest BCUT2D eigenvalue weighted by Crippen LogP contribution is 2.19. The molecular formula is C9H6BrFN4O. The summed E-state index contributed by atoms with van der Waals surface area (Å²) in [5.41, 5.74) is 0.193. The van der Waals surface area contributed by atoms with E-state index in [1.54, 1.807) is 6.07 Å². The van der Waals surface area contributed by atoms with Crippen LogP contribution < -0.4 is 5.32 Å². The van der Waals surface area contributed by atoms with Crippen molar-refractivity contribution in [3.05, 3.63) is 40.4 Å². The fourth-order valence-electron chi connectivity index (χ4n) is 1.09. The maximum absolute atomic E-state index is 13.4. The number of hydrogen-bond donors (Lipinski definition) is 2. The van der Waals surface area contributed by atoms with Crippen LogP contribution in [-0.4, -0.2) is 21.3 Å². The third kappa shape index (κ3) is 2.25. The van der Waals surface area contributed by atoms with E-state index in [0.29, 0.717) is 4.47 Å². The van der Waals surface area contributed by atoms with E-state index in [9.17, 15) is 9.18 Å². The molecule has 7 heteroatoms. The standard InChI is InChI=1S/C9H6BrFN4O/c10-5-1-2-7(6(11)3-5)13-9(16)8-4-12-15-14-8/h1-4H,(H,13,16)(H,12,14,15). The van der Waals surface area contributed by atoms with Gasteiger partial charge in [0.05, 0.1) is 11.9 Å². The highest BCUT2D eigenvalue weighted by atomic mass is 79.9. The average molecular weight is 285 g/mol. The molecule has 0 aliphatic carbocycles. The quantitative estimate of drug-likeness (QED) is 0.886. The van der Waals surface area contributed by atoms with Gasteiger partial charge < -0.3 is 5.32 Å². The first kappa shape index (κ1) is 10.7. The summed E-state index contributed by atoms with van der Waals surface area (Å²) >= 11 is 3.12. The SMILES string of the molecule is O=C(Nc1ccc(Br)cc1F)c1cn[nH]n1. The first-order chi connectivity index (χ1) is 7.66. The Hall–Kier alpha value is -1.76. The summed E-state index contributed by atoms with van der Waals surface area (Å²) in [5, 5.41) is 11.7. The second-order valence-electron chi connectivity index (χ2n) is 2.93. The van der Waals surface area contributed by atoms with Crippen LogP contribution in [-0.2, 0) is 0 Å². The van der Waals surface area contributed by atoms with Crippen molar-refractivity contribution in [3.63, 3.8) is 0 Å². The molecule has 1 heterocycles. The minimum Gasteiger partial charge on any atom is -0.318 e. The van der Waals surface area contributed by atoms with Crippen LogP contribution in [0.4, 0.5) is 10.1 Å². The molecule has 2 aromatic rings. The zero-order valence-electron chi connectivity index (χ0n) is 7.87. The van der Waals surface area contributed by atoms with Crippen LogP contribution in [0.1, 0.15) is 10.5 Å². The van der Waals surface area contributed by atoms with E-state index in [2.05, 4.69) is 36.7 Å². The number of aromatic nitrogens is 3. The number of halogens is 2. The van der Waals surface area contributed by atoms with E-state index in [4.69, 9.17) is 0 Å². The van der Waals surface area contributed by atoms with E-state index in [0.717, 1.165) is 0 Å². The number of carbonyl (C=O) groups excluding carboxylic acids is 1. The minimum atomic E-state index is -0.522. The Morgan fingerprint density at radius 1 is 1.50 bits per heavy atom. The van der Waals surface area contributed by atoms with Crippen LogP contribution >= 0.6 is 15.9 Å². The van der Waals surface area contributed by atoms with E-state index in [-0.39, 0.29) is 11.4 Å². The molecule has 0 aliphatic rings. The van der Waals surface area contributed by atoms with Crippen molar-refractivity contribution in [1.82, 2.24) is 15.4 Å². The second kappa shape index (κ2) is 4.40. The van der Waals surface area contributed by atoms with Crippen LogP contribution in [0.15, 0.2) is 28.9 Å². The Bertz CT molecular complexity index is 514. The molecule has 0 fully saturated rings. The maximum atomic E-state index is 13.4. The monoisotopic (exact) mass is 284 g/mol. The van der Waals surface area contributed by atoms with Gasteiger partial charge >= 0.3 is 0 Å². The molecule has 0 radical (unpaired) electrons. The van der Waals surface area contributed by atoms with Crippen molar-refractivity contribution in [1.29, 1.82) is 0 Å². The summed E-state index contributed by atoms with van der Waals surface area (Å²) in [6, 6.07) is 4.34. The van der Waals surface area contributed by atoms with Crippen LogP contribution in [0.5, 0.6) is 0 Å². The fourth-order valence-corrected chi connectivity index (χ4v) is 1.42. The van der Waals surface area contributed by atoms with Crippen molar-refractivity contribution in [3.8, 4) is 0 Å². The summed E-state index contributed by atoms with van der Waals surface area (Å²) in [7, 11) is 0. The lowest BCUT2D eigenvalue weighted by atomic mass is 10.3. The Morgan fingerprint density at radius 3 is 2.94 bits per heavy atom. The van der Waals surface area contributed by atoms with Crippen molar-refractivity contribution >= 4 is 27.5 Å². The van der Waals surface area contributed by atoms with Crippen LogP contribution in [0.25, 0.3) is 0 Å². The highest BCUT2D eigenvalue weighted by molar-refractivity contribution is 9.10. The number of benzene rings is 1. The van der Waals surface area contributed by atoms with Crippen molar-refractivity contribution in [2.45, 2.75) is 0 Å². The maximum Gasteiger partial charge on any atom is 0.277 e. The summed E-state index contributed by atoms with van der Waals surface area (Å²) in [6.07, 6.45) is 1.26. The summed E-state index contributed by atoms with van der Waals surface area (Å²) in [5.74, 6) is -1.04. The molecule has 0 saturated carbocycles. The Balaban J connectivity index is 2.18. The first-order valence-electron chi connectivity index (χ1n) is 4.29. The molecule has 1 aromatic heterocycles. The van der Waals surface area contributed by atoms with E-state index < -0.39 is 11.7 Å². The predicted molar refractivity (Wildman–Crippen MR) is 58.4 cm³/mol. The molecule has 2 N–H and O–H groups in total. The number of carbonyl (C=O) groups is 1. The van der Waals surface area contributed by atoms with Gasteiger partial charge in [0.2, 0.25) is 0 Å². The van der Waals surface area contributed by atoms with Gasteiger partial charge in [-0.3, -0.25) is 4.79 Å². The van der Waals surface area contributed by atoms with Gasteiger partial charge in [0.25, 0.3) is 5.91 Å². The molecule has 1 aromatic carbocycles. The molecule has 0 unspecified atom stereocenters. The molecule has 0 atom stereocenters. The van der Waals surface area contributed by atoms with E-state index in [1.807, 2.05) is 0 Å². The molecule has 1 amide bonds. The summed E-state index contributed by atoms with van der Waals surface area (Å²) in [6.45, 7) is 0. The Morgan fingerprint density at radius 2 is 2.31 bits per heavy atom. The number of hydrogen-bond acceptors (Lipinski definition) is 3. The number of rotatable bonds is 2. The minimum absolute atomic E-state index is 0.0937. The molecule has 0 spiro atoms. The first-order valence-corrected chi connectivity index (χ1v) is 5.08. The molecule has 16 heavy (non-hydrogen) atoms. The number of anilines is 1. The predicted octanol–water partition coefficient (Wildman–Crippen LogP) is 1.96. The summed E-state index contributed by atoms with van der Waals surface area (Å²) < 4.78 is 14.0. The van der Waals surface area contributed by atoms with Crippen LogP contribution in [0.3, 0.4) is 0 Å². The highest BCUT2D eigenvalue weighted by Gasteiger charge is 2.11. The van der Waals surface area contributed by atoms with Gasteiger partial charge in [-0.15, -0.1) is 0 Å². The number of aromatic amines is 1. The number of nitrogens with zero attached hydrogens (tertiary/aromatic N) is 2. The van der Waals surface area contributed by atoms with Gasteiger partial charge in [-0.2, -0.15) is 15.4 Å². The molecule has 82 valence electrons. The lowest BCUT2D eigenvalue weighted by Crippen LogP contribution is -2.13. The molecule has 5 nitrogen and oxygen atoms in total. The van der Waals surface area contributed by atoms with Gasteiger partial charge in [0.1, 0.15) is 5.82 Å². The zero-order chi connectivity index (χ0) is 11.5. The average Bonchev–Trinajstić information content (AvgIpc) is 2.75. The lowest BCUT2D eigenvalue weighted by Gasteiger charge is -2.04. The third-order valence-electron chi connectivity index (χ3n) is 1.83. The number of amides is 1. The molecule has 0 saturated heterocycles. The second-order valence-corrected chi connectivity index (χ2v) is 3.85. The normalized spacial score (nSPS) is 10.1.